The molecule has 0 spiro atoms. The summed E-state index contributed by atoms with van der Waals surface area (Å²) in [7, 11) is 0. The molecular formula is C15H20Cl3N2O+. The highest BCUT2D eigenvalue weighted by molar-refractivity contribution is 6.42. The summed E-state index contributed by atoms with van der Waals surface area (Å²) in [6.07, 6.45) is 1.24. The molecule has 21 heavy (non-hydrogen) atoms. The smallest absolute Gasteiger partial charge is 0.279 e. The number of carbonyl (C=O) groups is 1. The standard InChI is InChI=1S/C15H19Cl3N2O/c1-9-3-10(2)7-20(6-9)8-14(21)19-15-12(17)4-11(16)5-13(15)18/h4-5,9-10H,3,6-8H2,1-2H3,(H,19,21)/p+1/t9-,10-/m1/s1. The molecule has 1 heterocycles. The predicted molar refractivity (Wildman–Crippen MR) is 88.6 cm³/mol. The number of anilines is 1. The van der Waals surface area contributed by atoms with Crippen LogP contribution < -0.4 is 10.2 Å². The monoisotopic (exact) mass is 349 g/mol. The molecule has 1 fully saturated rings. The minimum atomic E-state index is -0.0718. The van der Waals surface area contributed by atoms with Crippen LogP contribution in [0.3, 0.4) is 0 Å². The molecule has 0 saturated carbocycles. The number of amides is 1. The van der Waals surface area contributed by atoms with E-state index in [9.17, 15) is 4.79 Å². The lowest BCUT2D eigenvalue weighted by molar-refractivity contribution is -0.904. The van der Waals surface area contributed by atoms with Gasteiger partial charge < -0.3 is 10.2 Å². The second-order valence-corrected chi connectivity index (χ2v) is 7.32. The fourth-order valence-corrected chi connectivity index (χ4v) is 4.05. The summed E-state index contributed by atoms with van der Waals surface area (Å²) in [5.41, 5.74) is 0.435. The maximum absolute atomic E-state index is 12.2. The van der Waals surface area contributed by atoms with Crippen LogP contribution in [0, 0.1) is 11.8 Å². The van der Waals surface area contributed by atoms with Gasteiger partial charge in [-0.3, -0.25) is 4.79 Å². The Morgan fingerprint density at radius 2 is 1.71 bits per heavy atom. The molecule has 1 aromatic carbocycles. The average Bonchev–Trinajstić information content (AvgIpc) is 2.32. The van der Waals surface area contributed by atoms with E-state index in [1.54, 1.807) is 12.1 Å². The number of likely N-dealkylation sites (tertiary alicyclic amines) is 1. The second-order valence-electron chi connectivity index (χ2n) is 6.07. The lowest BCUT2D eigenvalue weighted by Gasteiger charge is -2.31. The van der Waals surface area contributed by atoms with Crippen LogP contribution in [0.4, 0.5) is 5.69 Å². The van der Waals surface area contributed by atoms with E-state index in [0.717, 1.165) is 13.1 Å². The third-order valence-corrected chi connectivity index (χ3v) is 4.58. The Labute approximate surface area is 140 Å². The van der Waals surface area contributed by atoms with Gasteiger partial charge in [0.2, 0.25) is 0 Å². The third-order valence-electron chi connectivity index (χ3n) is 3.76. The summed E-state index contributed by atoms with van der Waals surface area (Å²) < 4.78 is 0. The van der Waals surface area contributed by atoms with E-state index in [1.807, 2.05) is 0 Å². The van der Waals surface area contributed by atoms with Crippen LogP contribution in [0.25, 0.3) is 0 Å². The van der Waals surface area contributed by atoms with Gasteiger partial charge in [-0.1, -0.05) is 48.7 Å². The van der Waals surface area contributed by atoms with E-state index in [2.05, 4.69) is 19.2 Å². The Kier molecular flexibility index (Phi) is 5.78. The van der Waals surface area contributed by atoms with Crippen LogP contribution in [0.2, 0.25) is 15.1 Å². The number of rotatable bonds is 3. The number of halogens is 3. The summed E-state index contributed by atoms with van der Waals surface area (Å²) in [6, 6.07) is 3.14. The van der Waals surface area contributed by atoms with Gasteiger partial charge in [-0.2, -0.15) is 0 Å². The molecule has 3 nitrogen and oxygen atoms in total. The zero-order valence-corrected chi connectivity index (χ0v) is 14.4. The highest BCUT2D eigenvalue weighted by Gasteiger charge is 2.27. The van der Waals surface area contributed by atoms with Crippen molar-refractivity contribution < 1.29 is 9.69 Å². The van der Waals surface area contributed by atoms with Gasteiger partial charge in [0.05, 0.1) is 28.8 Å². The van der Waals surface area contributed by atoms with Crippen LogP contribution in [-0.2, 0) is 4.79 Å². The molecule has 2 atom stereocenters. The van der Waals surface area contributed by atoms with Gasteiger partial charge in [0.1, 0.15) is 0 Å². The quantitative estimate of drug-likeness (QED) is 0.862. The van der Waals surface area contributed by atoms with Gasteiger partial charge in [-0.25, -0.2) is 0 Å². The molecule has 1 aromatic rings. The Bertz CT molecular complexity index is 503. The molecule has 0 aliphatic carbocycles. The fraction of sp³-hybridized carbons (Fsp3) is 0.533. The lowest BCUT2D eigenvalue weighted by atomic mass is 9.92. The zero-order chi connectivity index (χ0) is 15.6. The minimum absolute atomic E-state index is 0.0718. The third kappa shape index (κ3) is 4.75. The average molecular weight is 351 g/mol. The Balaban J connectivity index is 1.99. The predicted octanol–water partition coefficient (Wildman–Crippen LogP) is 3.15. The Hall–Kier alpha value is -0.480. The van der Waals surface area contributed by atoms with Crippen LogP contribution >= 0.6 is 34.8 Å². The Morgan fingerprint density at radius 3 is 2.24 bits per heavy atom. The SMILES string of the molecule is C[C@@H]1C[C@@H](C)C[NH+](CC(=O)Nc2c(Cl)cc(Cl)cc2Cl)C1. The number of hydrogen-bond donors (Lipinski definition) is 2. The molecular weight excluding hydrogens is 331 g/mol. The molecule has 1 saturated heterocycles. The highest BCUT2D eigenvalue weighted by atomic mass is 35.5. The first kappa shape index (κ1) is 16.9. The van der Waals surface area contributed by atoms with Gasteiger partial charge in [0.25, 0.3) is 5.91 Å². The molecule has 0 bridgehead atoms. The molecule has 1 amide bonds. The van der Waals surface area contributed by atoms with E-state index in [4.69, 9.17) is 34.8 Å². The summed E-state index contributed by atoms with van der Waals surface area (Å²) in [5.74, 6) is 1.23. The molecule has 0 radical (unpaired) electrons. The van der Waals surface area contributed by atoms with Gasteiger partial charge in [0.15, 0.2) is 6.54 Å². The number of carbonyl (C=O) groups excluding carboxylic acids is 1. The molecule has 0 unspecified atom stereocenters. The van der Waals surface area contributed by atoms with Gasteiger partial charge >= 0.3 is 0 Å². The van der Waals surface area contributed by atoms with Gasteiger partial charge in [-0.15, -0.1) is 0 Å². The maximum atomic E-state index is 12.2. The topological polar surface area (TPSA) is 33.5 Å². The number of hydrogen-bond acceptors (Lipinski definition) is 1. The van der Waals surface area contributed by atoms with Crippen molar-refractivity contribution in [2.75, 3.05) is 25.0 Å². The highest BCUT2D eigenvalue weighted by Crippen LogP contribution is 2.33. The number of benzene rings is 1. The van der Waals surface area contributed by atoms with Crippen molar-refractivity contribution in [3.05, 3.63) is 27.2 Å². The van der Waals surface area contributed by atoms with Crippen molar-refractivity contribution in [2.24, 2.45) is 11.8 Å². The van der Waals surface area contributed by atoms with Crippen LogP contribution in [0.15, 0.2) is 12.1 Å². The van der Waals surface area contributed by atoms with Gasteiger partial charge in [-0.05, 0) is 18.6 Å². The van der Waals surface area contributed by atoms with Crippen molar-refractivity contribution in [3.8, 4) is 0 Å². The first-order valence-corrected chi connectivity index (χ1v) is 8.26. The van der Waals surface area contributed by atoms with E-state index in [0.29, 0.717) is 39.1 Å². The van der Waals surface area contributed by atoms with E-state index in [-0.39, 0.29) is 5.91 Å². The first-order chi connectivity index (χ1) is 9.85. The summed E-state index contributed by atoms with van der Waals surface area (Å²) >= 11 is 18.0. The largest absolute Gasteiger partial charge is 0.327 e. The van der Waals surface area contributed by atoms with E-state index >= 15 is 0 Å². The van der Waals surface area contributed by atoms with E-state index in [1.165, 1.54) is 11.3 Å². The second kappa shape index (κ2) is 7.19. The van der Waals surface area contributed by atoms with Crippen LogP contribution in [0.5, 0.6) is 0 Å². The molecule has 1 aliphatic rings. The summed E-state index contributed by atoms with van der Waals surface area (Å²) in [5, 5.41) is 3.97. The maximum Gasteiger partial charge on any atom is 0.279 e. The molecule has 0 aromatic heterocycles. The fourth-order valence-electron chi connectivity index (χ4n) is 3.14. The number of piperidine rings is 1. The first-order valence-electron chi connectivity index (χ1n) is 7.13. The van der Waals surface area contributed by atoms with Crippen molar-refractivity contribution in [3.63, 3.8) is 0 Å². The number of nitrogens with one attached hydrogen (secondary N) is 2. The minimum Gasteiger partial charge on any atom is -0.327 e. The molecule has 6 heteroatoms. The Morgan fingerprint density at radius 1 is 1.19 bits per heavy atom. The van der Waals surface area contributed by atoms with Gasteiger partial charge in [0, 0.05) is 16.9 Å². The normalized spacial score (nSPS) is 25.7. The zero-order valence-electron chi connectivity index (χ0n) is 12.2. The molecule has 2 N–H and O–H groups in total. The number of quaternary nitrogens is 1. The lowest BCUT2D eigenvalue weighted by Crippen LogP contribution is -3.15. The van der Waals surface area contributed by atoms with Crippen molar-refractivity contribution in [1.29, 1.82) is 0 Å². The van der Waals surface area contributed by atoms with Crippen molar-refractivity contribution in [1.82, 2.24) is 0 Å². The summed E-state index contributed by atoms with van der Waals surface area (Å²) in [6.45, 7) is 6.96. The molecule has 1 aliphatic heterocycles. The molecule has 2 rings (SSSR count). The van der Waals surface area contributed by atoms with Crippen molar-refractivity contribution >= 4 is 46.4 Å². The van der Waals surface area contributed by atoms with E-state index < -0.39 is 0 Å². The molecule has 116 valence electrons. The van der Waals surface area contributed by atoms with Crippen LogP contribution in [0.1, 0.15) is 20.3 Å². The summed E-state index contributed by atoms with van der Waals surface area (Å²) in [4.78, 5) is 13.5. The van der Waals surface area contributed by atoms with Crippen LogP contribution in [-0.4, -0.2) is 25.5 Å². The van der Waals surface area contributed by atoms with Crippen molar-refractivity contribution in [2.45, 2.75) is 20.3 Å².